The SMILES string of the molecule is C(=C\N1CCN(CCOC(c2ccccc2)c2ccccc2)CC1)/Cc1ccccc1.O=C(O)CC(O)C(=O)O. The Morgan fingerprint density at radius 2 is 1.32 bits per heavy atom. The molecule has 0 aliphatic carbocycles. The third kappa shape index (κ3) is 11.0. The van der Waals surface area contributed by atoms with E-state index in [0.717, 1.165) is 45.8 Å². The normalized spacial score (nSPS) is 14.5. The molecule has 0 bridgehead atoms. The van der Waals surface area contributed by atoms with Crippen molar-refractivity contribution >= 4 is 11.9 Å². The predicted molar refractivity (Wildman–Crippen MR) is 154 cm³/mol. The molecule has 1 aliphatic heterocycles. The van der Waals surface area contributed by atoms with Gasteiger partial charge in [0.25, 0.3) is 0 Å². The zero-order valence-corrected chi connectivity index (χ0v) is 22.6. The van der Waals surface area contributed by atoms with Crippen LogP contribution in [0, 0.1) is 0 Å². The molecule has 212 valence electrons. The number of rotatable bonds is 12. The summed E-state index contributed by atoms with van der Waals surface area (Å²) < 4.78 is 6.39. The molecule has 3 N–H and O–H groups in total. The van der Waals surface area contributed by atoms with Gasteiger partial charge in [-0.3, -0.25) is 9.69 Å². The first kappa shape index (κ1) is 30.6. The molecule has 8 heteroatoms. The number of aliphatic carboxylic acids is 2. The lowest BCUT2D eigenvalue weighted by Gasteiger charge is -2.34. The van der Waals surface area contributed by atoms with Crippen molar-refractivity contribution in [2.45, 2.75) is 25.0 Å². The second kappa shape index (κ2) is 16.9. The first-order chi connectivity index (χ1) is 19.4. The Labute approximate surface area is 235 Å². The molecule has 0 saturated carbocycles. The largest absolute Gasteiger partial charge is 0.481 e. The van der Waals surface area contributed by atoms with Crippen LogP contribution in [0.4, 0.5) is 0 Å². The molecule has 0 spiro atoms. The molecule has 1 saturated heterocycles. The maximum atomic E-state index is 9.72. The zero-order chi connectivity index (χ0) is 28.6. The summed E-state index contributed by atoms with van der Waals surface area (Å²) in [7, 11) is 0. The average Bonchev–Trinajstić information content (AvgIpc) is 2.97. The smallest absolute Gasteiger partial charge is 0.333 e. The van der Waals surface area contributed by atoms with Gasteiger partial charge < -0.3 is 25.0 Å². The van der Waals surface area contributed by atoms with Crippen molar-refractivity contribution in [2.75, 3.05) is 39.3 Å². The van der Waals surface area contributed by atoms with Crippen molar-refractivity contribution in [1.29, 1.82) is 0 Å². The highest BCUT2D eigenvalue weighted by molar-refractivity contribution is 5.79. The van der Waals surface area contributed by atoms with Crippen LogP contribution < -0.4 is 0 Å². The predicted octanol–water partition coefficient (Wildman–Crippen LogP) is 4.07. The van der Waals surface area contributed by atoms with Crippen molar-refractivity contribution in [1.82, 2.24) is 9.80 Å². The summed E-state index contributed by atoms with van der Waals surface area (Å²) in [5.74, 6) is -2.85. The van der Waals surface area contributed by atoms with E-state index in [4.69, 9.17) is 20.1 Å². The molecule has 0 radical (unpaired) electrons. The average molecular weight is 547 g/mol. The summed E-state index contributed by atoms with van der Waals surface area (Å²) >= 11 is 0. The second-order valence-electron chi connectivity index (χ2n) is 9.48. The number of allylic oxidation sites excluding steroid dienone is 1. The Morgan fingerprint density at radius 1 is 0.800 bits per heavy atom. The summed E-state index contributed by atoms with van der Waals surface area (Å²) in [6.45, 7) is 6.02. The van der Waals surface area contributed by atoms with Gasteiger partial charge in [-0.25, -0.2) is 4.79 Å². The van der Waals surface area contributed by atoms with Gasteiger partial charge in [0.1, 0.15) is 6.10 Å². The van der Waals surface area contributed by atoms with Crippen LogP contribution in [-0.4, -0.2) is 82.5 Å². The van der Waals surface area contributed by atoms with Crippen molar-refractivity contribution in [3.05, 3.63) is 120 Å². The van der Waals surface area contributed by atoms with Crippen LogP contribution in [0.15, 0.2) is 103 Å². The van der Waals surface area contributed by atoms with Crippen molar-refractivity contribution in [2.24, 2.45) is 0 Å². The van der Waals surface area contributed by atoms with E-state index < -0.39 is 24.5 Å². The number of carbonyl (C=O) groups is 2. The molecule has 3 aromatic carbocycles. The fourth-order valence-corrected chi connectivity index (χ4v) is 4.28. The number of nitrogens with zero attached hydrogens (tertiary/aromatic N) is 2. The first-order valence-electron chi connectivity index (χ1n) is 13.4. The van der Waals surface area contributed by atoms with Crippen LogP contribution in [0.25, 0.3) is 0 Å². The van der Waals surface area contributed by atoms with E-state index in [0.29, 0.717) is 0 Å². The number of hydrogen-bond acceptors (Lipinski definition) is 6. The van der Waals surface area contributed by atoms with Gasteiger partial charge >= 0.3 is 11.9 Å². The fourth-order valence-electron chi connectivity index (χ4n) is 4.28. The molecule has 40 heavy (non-hydrogen) atoms. The number of piperazine rings is 1. The van der Waals surface area contributed by atoms with Crippen molar-refractivity contribution in [3.8, 4) is 0 Å². The van der Waals surface area contributed by atoms with E-state index in [1.807, 2.05) is 0 Å². The summed E-state index contributed by atoms with van der Waals surface area (Å²) in [4.78, 5) is 24.3. The zero-order valence-electron chi connectivity index (χ0n) is 22.6. The topological polar surface area (TPSA) is 111 Å². The van der Waals surface area contributed by atoms with Gasteiger partial charge in [-0.05, 0) is 29.3 Å². The summed E-state index contributed by atoms with van der Waals surface area (Å²) in [5.41, 5.74) is 3.78. The summed E-state index contributed by atoms with van der Waals surface area (Å²) in [5, 5.41) is 24.1. The molecule has 1 heterocycles. The molecule has 1 atom stereocenters. The summed E-state index contributed by atoms with van der Waals surface area (Å²) in [6, 6.07) is 31.7. The highest BCUT2D eigenvalue weighted by Gasteiger charge is 2.18. The second-order valence-corrected chi connectivity index (χ2v) is 9.48. The van der Waals surface area contributed by atoms with E-state index in [1.54, 1.807) is 0 Å². The molecule has 1 aliphatic rings. The third-order valence-corrected chi connectivity index (χ3v) is 6.47. The molecular weight excluding hydrogens is 508 g/mol. The number of carboxylic acid groups (broad SMARTS) is 2. The quantitative estimate of drug-likeness (QED) is 0.312. The molecule has 1 fully saturated rings. The number of hydrogen-bond donors (Lipinski definition) is 3. The molecule has 3 aromatic rings. The van der Waals surface area contributed by atoms with Crippen molar-refractivity contribution < 1.29 is 29.6 Å². The minimum atomic E-state index is -1.79. The van der Waals surface area contributed by atoms with E-state index >= 15 is 0 Å². The lowest BCUT2D eigenvalue weighted by molar-refractivity contribution is -0.152. The Hall–Kier alpha value is -3.98. The van der Waals surface area contributed by atoms with Crippen LogP contribution in [0.2, 0.25) is 0 Å². The Balaban J connectivity index is 0.000000424. The minimum absolute atomic E-state index is 0.00962. The Bertz CT molecular complexity index is 1130. The van der Waals surface area contributed by atoms with E-state index in [2.05, 4.69) is 113 Å². The Morgan fingerprint density at radius 3 is 1.80 bits per heavy atom. The Kier molecular flexibility index (Phi) is 12.9. The van der Waals surface area contributed by atoms with Gasteiger partial charge in [-0.2, -0.15) is 0 Å². The number of carboxylic acids is 2. The van der Waals surface area contributed by atoms with Crippen LogP contribution in [0.5, 0.6) is 0 Å². The van der Waals surface area contributed by atoms with E-state index in [9.17, 15) is 9.59 Å². The summed E-state index contributed by atoms with van der Waals surface area (Å²) in [6.07, 6.45) is 2.98. The molecule has 0 aromatic heterocycles. The number of benzene rings is 3. The molecule has 8 nitrogen and oxygen atoms in total. The highest BCUT2D eigenvalue weighted by Crippen LogP contribution is 2.25. The fraction of sp³-hybridized carbons (Fsp3) is 0.312. The molecule has 1 unspecified atom stereocenters. The maximum absolute atomic E-state index is 9.72. The first-order valence-corrected chi connectivity index (χ1v) is 13.4. The van der Waals surface area contributed by atoms with Crippen molar-refractivity contribution in [3.63, 3.8) is 0 Å². The maximum Gasteiger partial charge on any atom is 0.333 e. The number of aliphatic hydroxyl groups excluding tert-OH is 1. The molecular formula is C32H38N2O6. The van der Waals surface area contributed by atoms with E-state index in [-0.39, 0.29) is 6.10 Å². The third-order valence-electron chi connectivity index (χ3n) is 6.47. The van der Waals surface area contributed by atoms with Crippen LogP contribution in [-0.2, 0) is 20.7 Å². The molecule has 0 amide bonds. The van der Waals surface area contributed by atoms with Gasteiger partial charge in [-0.15, -0.1) is 0 Å². The van der Waals surface area contributed by atoms with E-state index in [1.165, 1.54) is 16.7 Å². The van der Waals surface area contributed by atoms with Gasteiger partial charge in [0.05, 0.1) is 13.0 Å². The van der Waals surface area contributed by atoms with Gasteiger partial charge in [0.15, 0.2) is 6.10 Å². The minimum Gasteiger partial charge on any atom is -0.481 e. The van der Waals surface area contributed by atoms with Crippen LogP contribution in [0.3, 0.4) is 0 Å². The van der Waals surface area contributed by atoms with Crippen LogP contribution in [0.1, 0.15) is 29.2 Å². The van der Waals surface area contributed by atoms with Crippen LogP contribution >= 0.6 is 0 Å². The monoisotopic (exact) mass is 546 g/mol. The highest BCUT2D eigenvalue weighted by atomic mass is 16.5. The molecule has 4 rings (SSSR count). The van der Waals surface area contributed by atoms with Gasteiger partial charge in [0.2, 0.25) is 0 Å². The lowest BCUT2D eigenvalue weighted by Crippen LogP contribution is -2.45. The van der Waals surface area contributed by atoms with Gasteiger partial charge in [-0.1, -0.05) is 97.1 Å². The number of ether oxygens (including phenoxy) is 1. The number of aliphatic hydroxyl groups is 1. The lowest BCUT2D eigenvalue weighted by atomic mass is 10.0. The standard InChI is InChI=1S/C28H32N2O.C4H6O5/c1-4-11-25(12-5-1)13-10-18-29-19-21-30(22-20-29)23-24-31-28(26-14-6-2-7-15-26)27-16-8-3-9-17-27;5-2(4(8)9)1-3(6)7/h1-12,14-18,28H,13,19-24H2;2,5H,1H2,(H,6,7)(H,8,9)/b18-10+;. The van der Waals surface area contributed by atoms with Gasteiger partial charge in [0, 0.05) is 32.7 Å².